The van der Waals surface area contributed by atoms with Crippen molar-refractivity contribution in [3.63, 3.8) is 0 Å². The van der Waals surface area contributed by atoms with E-state index in [4.69, 9.17) is 5.73 Å². The molecule has 0 unspecified atom stereocenters. The molecule has 3 heterocycles. The maximum absolute atomic E-state index is 13.6. The monoisotopic (exact) mass is 487 g/mol. The van der Waals surface area contributed by atoms with E-state index in [1.165, 1.54) is 0 Å². The van der Waals surface area contributed by atoms with Gasteiger partial charge in [0, 0.05) is 18.1 Å². The van der Waals surface area contributed by atoms with Crippen molar-refractivity contribution in [1.82, 2.24) is 14.8 Å². The Morgan fingerprint density at radius 2 is 1.76 bits per heavy atom. The van der Waals surface area contributed by atoms with Crippen LogP contribution in [0, 0.1) is 20.8 Å². The van der Waals surface area contributed by atoms with Crippen LogP contribution in [0.3, 0.4) is 0 Å². The average molecular weight is 488 g/mol. The third kappa shape index (κ3) is 4.03. The number of alkyl halides is 3. The van der Waals surface area contributed by atoms with Crippen molar-refractivity contribution in [2.45, 2.75) is 26.9 Å². The van der Waals surface area contributed by atoms with Crippen LogP contribution in [-0.4, -0.2) is 26.6 Å². The highest BCUT2D eigenvalue weighted by molar-refractivity contribution is 7.21. The first-order chi connectivity index (χ1) is 15.9. The minimum atomic E-state index is -4.71. The summed E-state index contributed by atoms with van der Waals surface area (Å²) in [6.45, 7) is 5.23. The van der Waals surface area contributed by atoms with Crippen molar-refractivity contribution in [3.8, 4) is 11.1 Å². The molecule has 0 saturated carbocycles. The highest BCUT2D eigenvalue weighted by atomic mass is 32.1. The van der Waals surface area contributed by atoms with Crippen molar-refractivity contribution < 1.29 is 22.8 Å². The van der Waals surface area contributed by atoms with Crippen molar-refractivity contribution in [1.29, 1.82) is 0 Å². The molecule has 4 rings (SSSR count). The first-order valence-electron chi connectivity index (χ1n) is 10.1. The van der Waals surface area contributed by atoms with E-state index in [9.17, 15) is 22.8 Å². The zero-order chi connectivity index (χ0) is 24.9. The van der Waals surface area contributed by atoms with Gasteiger partial charge in [-0.05, 0) is 38.0 Å². The molecule has 0 bridgehead atoms. The predicted molar refractivity (Wildman–Crippen MR) is 124 cm³/mol. The summed E-state index contributed by atoms with van der Waals surface area (Å²) >= 11 is 0.704. The van der Waals surface area contributed by atoms with Crippen LogP contribution in [0.25, 0.3) is 21.3 Å². The van der Waals surface area contributed by atoms with E-state index in [2.05, 4.69) is 15.4 Å². The molecule has 4 aromatic rings. The number of hydrogen-bond acceptors (Lipinski definition) is 5. The maximum Gasteiger partial charge on any atom is 0.433 e. The number of halogens is 3. The Balaban J connectivity index is 2.00. The second kappa shape index (κ2) is 8.24. The Kier molecular flexibility index (Phi) is 5.68. The molecule has 34 heavy (non-hydrogen) atoms. The number of nitrogens with one attached hydrogen (secondary N) is 1. The molecule has 0 radical (unpaired) electrons. The lowest BCUT2D eigenvalue weighted by atomic mass is 10.00. The Hall–Kier alpha value is -3.73. The van der Waals surface area contributed by atoms with Gasteiger partial charge in [-0.1, -0.05) is 29.8 Å². The zero-order valence-electron chi connectivity index (χ0n) is 18.7. The molecule has 7 nitrogen and oxygen atoms in total. The van der Waals surface area contributed by atoms with Crippen LogP contribution in [0.2, 0.25) is 0 Å². The Bertz CT molecular complexity index is 1450. The van der Waals surface area contributed by atoms with Gasteiger partial charge in [0.25, 0.3) is 11.8 Å². The molecule has 11 heteroatoms. The molecule has 0 spiro atoms. The summed E-state index contributed by atoms with van der Waals surface area (Å²) in [5, 5.41) is 7.14. The Morgan fingerprint density at radius 1 is 1.12 bits per heavy atom. The van der Waals surface area contributed by atoms with Gasteiger partial charge in [0.2, 0.25) is 0 Å². The molecule has 2 amide bonds. The van der Waals surface area contributed by atoms with E-state index in [0.717, 1.165) is 11.6 Å². The second-order valence-corrected chi connectivity index (χ2v) is 8.89. The van der Waals surface area contributed by atoms with Crippen molar-refractivity contribution >= 4 is 39.1 Å². The molecule has 0 atom stereocenters. The molecule has 1 aromatic carbocycles. The minimum Gasteiger partial charge on any atom is -0.365 e. The number of carbonyl (C=O) groups excluding carboxylic acids is 2. The van der Waals surface area contributed by atoms with Gasteiger partial charge < -0.3 is 11.1 Å². The third-order valence-electron chi connectivity index (χ3n) is 5.51. The number of thiophene rings is 1. The number of carbonyl (C=O) groups is 2. The van der Waals surface area contributed by atoms with E-state index in [1.54, 1.807) is 49.8 Å². The molecule has 0 fully saturated rings. The highest BCUT2D eigenvalue weighted by Gasteiger charge is 2.35. The number of nitrogens with zero attached hydrogens (tertiary/aromatic N) is 3. The first-order valence-corrected chi connectivity index (χ1v) is 10.9. The first kappa shape index (κ1) is 23.4. The number of anilines is 1. The van der Waals surface area contributed by atoms with Gasteiger partial charge >= 0.3 is 6.18 Å². The van der Waals surface area contributed by atoms with Gasteiger partial charge in [0.05, 0.1) is 16.9 Å². The van der Waals surface area contributed by atoms with Crippen molar-refractivity contribution in [3.05, 3.63) is 63.4 Å². The zero-order valence-corrected chi connectivity index (χ0v) is 19.5. The molecule has 3 aromatic heterocycles. The van der Waals surface area contributed by atoms with Gasteiger partial charge in [0.1, 0.15) is 15.4 Å². The minimum absolute atomic E-state index is 0.0250. The lowest BCUT2D eigenvalue weighted by molar-refractivity contribution is -0.140. The van der Waals surface area contributed by atoms with Crippen LogP contribution >= 0.6 is 11.3 Å². The lowest BCUT2D eigenvalue weighted by Crippen LogP contribution is -2.18. The number of nitrogens with two attached hydrogens (primary N) is 1. The van der Waals surface area contributed by atoms with E-state index in [1.807, 2.05) is 6.92 Å². The van der Waals surface area contributed by atoms with Crippen LogP contribution in [0.15, 0.2) is 30.3 Å². The summed E-state index contributed by atoms with van der Waals surface area (Å²) in [7, 11) is 1.69. The number of primary amides is 1. The summed E-state index contributed by atoms with van der Waals surface area (Å²) in [5.74, 6) is -1.44. The predicted octanol–water partition coefficient (Wildman–Crippen LogP) is 4.99. The number of hydrogen-bond donors (Lipinski definition) is 2. The third-order valence-corrected chi connectivity index (χ3v) is 6.61. The van der Waals surface area contributed by atoms with Crippen LogP contribution in [0.5, 0.6) is 0 Å². The highest BCUT2D eigenvalue weighted by Crippen LogP contribution is 2.43. The molecule has 176 valence electrons. The fraction of sp³-hybridized carbons (Fsp3) is 0.217. The van der Waals surface area contributed by atoms with Gasteiger partial charge in [-0.25, -0.2) is 4.98 Å². The smallest absolute Gasteiger partial charge is 0.365 e. The van der Waals surface area contributed by atoms with E-state index in [-0.39, 0.29) is 26.3 Å². The lowest BCUT2D eigenvalue weighted by Gasteiger charge is -2.13. The average Bonchev–Trinajstić information content (AvgIpc) is 3.23. The van der Waals surface area contributed by atoms with Crippen LogP contribution in [0.4, 0.5) is 18.9 Å². The topological polar surface area (TPSA) is 103 Å². The summed E-state index contributed by atoms with van der Waals surface area (Å²) in [6.07, 6.45) is -4.71. The molecule has 3 N–H and O–H groups in total. The number of aryl methyl sites for hydroxylation is 3. The van der Waals surface area contributed by atoms with Crippen LogP contribution in [0.1, 0.15) is 42.7 Å². The van der Waals surface area contributed by atoms with E-state index >= 15 is 0 Å². The van der Waals surface area contributed by atoms with Gasteiger partial charge in [0.15, 0.2) is 0 Å². The maximum atomic E-state index is 13.6. The second-order valence-electron chi connectivity index (χ2n) is 7.89. The van der Waals surface area contributed by atoms with Crippen molar-refractivity contribution in [2.24, 2.45) is 12.8 Å². The number of benzene rings is 1. The van der Waals surface area contributed by atoms with E-state index < -0.39 is 23.7 Å². The number of rotatable bonds is 4. The SMILES string of the molecule is Cc1ccc(-c2cc(C(F)(F)F)nc3sc(C(N)=O)c(NC(=O)c4c(C)nn(C)c4C)c23)cc1. The van der Waals surface area contributed by atoms with Crippen molar-refractivity contribution in [2.75, 3.05) is 5.32 Å². The van der Waals surface area contributed by atoms with Crippen LogP contribution in [-0.2, 0) is 13.2 Å². The molecular formula is C23H20F3N5O2S. The van der Waals surface area contributed by atoms with Gasteiger partial charge in [-0.15, -0.1) is 11.3 Å². The summed E-state index contributed by atoms with van der Waals surface area (Å²) in [6, 6.07) is 7.79. The molecule has 0 aliphatic rings. The Morgan fingerprint density at radius 3 is 2.29 bits per heavy atom. The Labute approximate surface area is 196 Å². The molecular weight excluding hydrogens is 467 g/mol. The largest absolute Gasteiger partial charge is 0.433 e. The quantitative estimate of drug-likeness (QED) is 0.423. The van der Waals surface area contributed by atoms with E-state index in [0.29, 0.717) is 33.9 Å². The number of aromatic nitrogens is 3. The summed E-state index contributed by atoms with van der Waals surface area (Å²) < 4.78 is 42.4. The number of pyridine rings is 1. The van der Waals surface area contributed by atoms with Crippen LogP contribution < -0.4 is 11.1 Å². The number of fused-ring (bicyclic) bond motifs is 1. The summed E-state index contributed by atoms with van der Waals surface area (Å²) in [5.41, 5.74) is 7.39. The molecule has 0 saturated heterocycles. The van der Waals surface area contributed by atoms with Gasteiger partial charge in [-0.2, -0.15) is 18.3 Å². The standard InChI is InChI=1S/C23H20F3N5O2S/c1-10-5-7-13(8-6-10)14-9-15(23(24,25)26)28-22-17(14)18(19(34-22)20(27)32)29-21(33)16-11(2)30-31(4)12(16)3/h5-9H,1-4H3,(H2,27,32)(H,29,33). The number of amides is 2. The fourth-order valence-electron chi connectivity index (χ4n) is 3.78. The normalized spacial score (nSPS) is 11.7. The summed E-state index contributed by atoms with van der Waals surface area (Å²) in [4.78, 5) is 29.0. The fourth-order valence-corrected chi connectivity index (χ4v) is 4.78. The molecule has 0 aliphatic heterocycles. The van der Waals surface area contributed by atoms with Gasteiger partial charge in [-0.3, -0.25) is 14.3 Å². The molecule has 0 aliphatic carbocycles.